The molecule has 0 radical (unpaired) electrons. The van der Waals surface area contributed by atoms with Crippen LogP contribution in [0.25, 0.3) is 0 Å². The van der Waals surface area contributed by atoms with Gasteiger partial charge in [0, 0.05) is 6.04 Å². The maximum atomic E-state index is 4.03. The molecule has 0 aromatic heterocycles. The van der Waals surface area contributed by atoms with Gasteiger partial charge < -0.3 is 5.32 Å². The molecule has 2 atom stereocenters. The lowest BCUT2D eigenvalue weighted by molar-refractivity contribution is 0.410. The standard InChI is InChI=1S/C13H25N/c1-11(2)10-13-6-4-5-9-14-12(3)7-8-13/h12-14H,1,4-10H2,2-3H3. The maximum absolute atomic E-state index is 4.03. The Balaban J connectivity index is 2.36. The van der Waals surface area contributed by atoms with Crippen LogP contribution in [0.3, 0.4) is 0 Å². The third kappa shape index (κ3) is 4.80. The van der Waals surface area contributed by atoms with E-state index in [1.165, 1.54) is 50.6 Å². The van der Waals surface area contributed by atoms with E-state index in [-0.39, 0.29) is 0 Å². The minimum absolute atomic E-state index is 0.709. The van der Waals surface area contributed by atoms with E-state index in [0.29, 0.717) is 6.04 Å². The molecule has 82 valence electrons. The molecule has 0 aromatic carbocycles. The second-order valence-electron chi connectivity index (χ2n) is 4.96. The summed E-state index contributed by atoms with van der Waals surface area (Å²) in [6.45, 7) is 9.71. The molecule has 0 spiro atoms. The highest BCUT2D eigenvalue weighted by atomic mass is 14.9. The van der Waals surface area contributed by atoms with Gasteiger partial charge in [0.25, 0.3) is 0 Å². The summed E-state index contributed by atoms with van der Waals surface area (Å²) in [6.07, 6.45) is 8.08. The lowest BCUT2D eigenvalue weighted by Crippen LogP contribution is -2.26. The topological polar surface area (TPSA) is 12.0 Å². The van der Waals surface area contributed by atoms with Gasteiger partial charge in [-0.3, -0.25) is 0 Å². The van der Waals surface area contributed by atoms with Crippen molar-refractivity contribution >= 4 is 0 Å². The molecule has 1 rings (SSSR count). The van der Waals surface area contributed by atoms with Crippen molar-refractivity contribution in [2.45, 2.75) is 58.4 Å². The molecule has 1 aliphatic rings. The summed E-state index contributed by atoms with van der Waals surface area (Å²) in [6, 6.07) is 0.709. The molecule has 1 N–H and O–H groups in total. The Bertz CT molecular complexity index is 174. The zero-order valence-corrected chi connectivity index (χ0v) is 9.81. The molecule has 0 aliphatic carbocycles. The first-order valence-electron chi connectivity index (χ1n) is 6.06. The molecular weight excluding hydrogens is 170 g/mol. The molecule has 1 aliphatic heterocycles. The molecule has 14 heavy (non-hydrogen) atoms. The van der Waals surface area contributed by atoms with Crippen LogP contribution in [0.5, 0.6) is 0 Å². The Labute approximate surface area is 89.0 Å². The predicted molar refractivity (Wildman–Crippen MR) is 63.5 cm³/mol. The number of hydrogen-bond donors (Lipinski definition) is 1. The van der Waals surface area contributed by atoms with Crippen LogP contribution in [-0.2, 0) is 0 Å². The van der Waals surface area contributed by atoms with Crippen molar-refractivity contribution in [1.29, 1.82) is 0 Å². The van der Waals surface area contributed by atoms with Crippen molar-refractivity contribution in [3.05, 3.63) is 12.2 Å². The van der Waals surface area contributed by atoms with E-state index in [2.05, 4.69) is 25.7 Å². The van der Waals surface area contributed by atoms with Crippen LogP contribution >= 0.6 is 0 Å². The van der Waals surface area contributed by atoms with Crippen molar-refractivity contribution in [2.24, 2.45) is 5.92 Å². The number of allylic oxidation sites excluding steroid dienone is 1. The molecule has 2 unspecified atom stereocenters. The molecule has 1 fully saturated rings. The minimum Gasteiger partial charge on any atom is -0.314 e. The fourth-order valence-electron chi connectivity index (χ4n) is 2.34. The lowest BCUT2D eigenvalue weighted by atomic mass is 9.90. The highest BCUT2D eigenvalue weighted by molar-refractivity contribution is 4.90. The highest BCUT2D eigenvalue weighted by Gasteiger charge is 2.13. The summed E-state index contributed by atoms with van der Waals surface area (Å²) in [7, 11) is 0. The van der Waals surface area contributed by atoms with Crippen LogP contribution in [0.1, 0.15) is 52.4 Å². The largest absolute Gasteiger partial charge is 0.314 e. The van der Waals surface area contributed by atoms with Crippen LogP contribution in [-0.4, -0.2) is 12.6 Å². The van der Waals surface area contributed by atoms with Crippen molar-refractivity contribution in [1.82, 2.24) is 5.32 Å². The average molecular weight is 195 g/mol. The van der Waals surface area contributed by atoms with Gasteiger partial charge in [-0.2, -0.15) is 0 Å². The zero-order chi connectivity index (χ0) is 10.4. The van der Waals surface area contributed by atoms with Gasteiger partial charge in [0.1, 0.15) is 0 Å². The lowest BCUT2D eigenvalue weighted by Gasteiger charge is -2.17. The Morgan fingerprint density at radius 3 is 2.79 bits per heavy atom. The highest BCUT2D eigenvalue weighted by Crippen LogP contribution is 2.23. The van der Waals surface area contributed by atoms with E-state index in [1.54, 1.807) is 0 Å². The van der Waals surface area contributed by atoms with E-state index >= 15 is 0 Å². The normalized spacial score (nSPS) is 30.1. The number of hydrogen-bond acceptors (Lipinski definition) is 1. The average Bonchev–Trinajstić information content (AvgIpc) is 2.19. The second kappa shape index (κ2) is 6.23. The van der Waals surface area contributed by atoms with Gasteiger partial charge in [0.15, 0.2) is 0 Å². The maximum Gasteiger partial charge on any atom is 0.00388 e. The Morgan fingerprint density at radius 1 is 1.29 bits per heavy atom. The molecule has 1 nitrogen and oxygen atoms in total. The van der Waals surface area contributed by atoms with Gasteiger partial charge in [-0.1, -0.05) is 18.4 Å². The molecule has 0 bridgehead atoms. The van der Waals surface area contributed by atoms with E-state index < -0.39 is 0 Å². The Kier molecular flexibility index (Phi) is 5.24. The van der Waals surface area contributed by atoms with Crippen LogP contribution in [0.15, 0.2) is 12.2 Å². The quantitative estimate of drug-likeness (QED) is 0.665. The molecule has 0 amide bonds. The molecule has 0 saturated carbocycles. The number of nitrogens with one attached hydrogen (secondary N) is 1. The van der Waals surface area contributed by atoms with Gasteiger partial charge in [0.2, 0.25) is 0 Å². The van der Waals surface area contributed by atoms with Crippen molar-refractivity contribution in [3.63, 3.8) is 0 Å². The van der Waals surface area contributed by atoms with Crippen LogP contribution in [0, 0.1) is 5.92 Å². The molecule has 1 heterocycles. The van der Waals surface area contributed by atoms with E-state index in [0.717, 1.165) is 5.92 Å². The van der Waals surface area contributed by atoms with Crippen LogP contribution in [0.2, 0.25) is 0 Å². The summed E-state index contributed by atoms with van der Waals surface area (Å²) in [4.78, 5) is 0. The SMILES string of the molecule is C=C(C)CC1CCCCNC(C)CC1. The number of rotatable bonds is 2. The zero-order valence-electron chi connectivity index (χ0n) is 9.81. The molecule has 1 saturated heterocycles. The van der Waals surface area contributed by atoms with Gasteiger partial charge in [-0.05, 0) is 52.0 Å². The monoisotopic (exact) mass is 195 g/mol. The smallest absolute Gasteiger partial charge is 0.00388 e. The fraction of sp³-hybridized carbons (Fsp3) is 0.846. The van der Waals surface area contributed by atoms with Crippen LogP contribution in [0.4, 0.5) is 0 Å². The van der Waals surface area contributed by atoms with Gasteiger partial charge in [-0.15, -0.1) is 6.58 Å². The van der Waals surface area contributed by atoms with Gasteiger partial charge >= 0.3 is 0 Å². The third-order valence-corrected chi connectivity index (χ3v) is 3.18. The Morgan fingerprint density at radius 2 is 2.07 bits per heavy atom. The molecule has 0 aromatic rings. The van der Waals surface area contributed by atoms with Crippen molar-refractivity contribution < 1.29 is 0 Å². The first-order chi connectivity index (χ1) is 6.68. The van der Waals surface area contributed by atoms with E-state index in [1.807, 2.05) is 0 Å². The first kappa shape index (κ1) is 11.8. The summed E-state index contributed by atoms with van der Waals surface area (Å²) in [5, 5.41) is 3.58. The summed E-state index contributed by atoms with van der Waals surface area (Å²) in [5.74, 6) is 0.898. The van der Waals surface area contributed by atoms with Gasteiger partial charge in [-0.25, -0.2) is 0 Å². The van der Waals surface area contributed by atoms with Crippen LogP contribution < -0.4 is 5.32 Å². The fourth-order valence-corrected chi connectivity index (χ4v) is 2.34. The predicted octanol–water partition coefficient (Wildman–Crippen LogP) is 3.51. The summed E-state index contributed by atoms with van der Waals surface area (Å²) < 4.78 is 0. The summed E-state index contributed by atoms with van der Waals surface area (Å²) in [5.41, 5.74) is 1.36. The van der Waals surface area contributed by atoms with E-state index in [4.69, 9.17) is 0 Å². The van der Waals surface area contributed by atoms with Crippen molar-refractivity contribution in [2.75, 3.05) is 6.54 Å². The first-order valence-corrected chi connectivity index (χ1v) is 6.06. The second-order valence-corrected chi connectivity index (χ2v) is 4.96. The Hall–Kier alpha value is -0.300. The van der Waals surface area contributed by atoms with Gasteiger partial charge in [0.05, 0.1) is 0 Å². The molecule has 1 heteroatoms. The minimum atomic E-state index is 0.709. The summed E-state index contributed by atoms with van der Waals surface area (Å²) >= 11 is 0. The van der Waals surface area contributed by atoms with Crippen molar-refractivity contribution in [3.8, 4) is 0 Å². The molecular formula is C13H25N. The van der Waals surface area contributed by atoms with E-state index in [9.17, 15) is 0 Å². The third-order valence-electron chi connectivity index (χ3n) is 3.18.